The Morgan fingerprint density at radius 2 is 2.37 bits per heavy atom. The second-order valence-electron chi connectivity index (χ2n) is 5.46. The van der Waals surface area contributed by atoms with E-state index in [0.29, 0.717) is 6.54 Å². The highest BCUT2D eigenvalue weighted by Gasteiger charge is 2.47. The van der Waals surface area contributed by atoms with Crippen LogP contribution in [0.5, 0.6) is 0 Å². The quantitative estimate of drug-likeness (QED) is 0.879. The Hall–Kier alpha value is -0.910. The van der Waals surface area contributed by atoms with Gasteiger partial charge in [0.1, 0.15) is 0 Å². The number of ether oxygens (including phenoxy) is 1. The largest absolute Gasteiger partial charge is 0.381 e. The molecular formula is C14H20N2O2S. The van der Waals surface area contributed by atoms with Crippen LogP contribution in [-0.2, 0) is 16.1 Å². The van der Waals surface area contributed by atoms with E-state index in [0.717, 1.165) is 39.1 Å². The molecule has 0 unspecified atom stereocenters. The first kappa shape index (κ1) is 13.1. The van der Waals surface area contributed by atoms with E-state index >= 15 is 0 Å². The van der Waals surface area contributed by atoms with E-state index in [1.807, 2.05) is 11.4 Å². The number of rotatable bonds is 3. The standard InChI is InChI=1S/C14H20N2O2S/c17-13(16-8-11-2-1-7-19-11)12-9-15-10-14(12)3-5-18-6-4-14/h1-2,7,12,15H,3-6,8-10H2,(H,16,17)/t12-/m0/s1. The summed E-state index contributed by atoms with van der Waals surface area (Å²) in [6.07, 6.45) is 1.99. The maximum absolute atomic E-state index is 12.4. The predicted octanol–water partition coefficient (Wildman–Crippen LogP) is 1.38. The van der Waals surface area contributed by atoms with Gasteiger partial charge in [-0.1, -0.05) is 6.07 Å². The lowest BCUT2D eigenvalue weighted by molar-refractivity contribution is -0.130. The Balaban J connectivity index is 1.62. The van der Waals surface area contributed by atoms with E-state index in [1.165, 1.54) is 4.88 Å². The molecule has 0 bridgehead atoms. The molecule has 2 fully saturated rings. The Morgan fingerprint density at radius 3 is 3.11 bits per heavy atom. The molecule has 0 radical (unpaired) electrons. The normalized spacial score (nSPS) is 25.6. The molecule has 3 rings (SSSR count). The first-order chi connectivity index (χ1) is 9.30. The van der Waals surface area contributed by atoms with Crippen molar-refractivity contribution in [3.05, 3.63) is 22.4 Å². The first-order valence-corrected chi connectivity index (χ1v) is 7.77. The summed E-state index contributed by atoms with van der Waals surface area (Å²) in [6, 6.07) is 4.07. The summed E-state index contributed by atoms with van der Waals surface area (Å²) >= 11 is 1.68. The zero-order valence-corrected chi connectivity index (χ0v) is 11.8. The van der Waals surface area contributed by atoms with Crippen molar-refractivity contribution in [3.8, 4) is 0 Å². The minimum Gasteiger partial charge on any atom is -0.381 e. The second kappa shape index (κ2) is 5.61. The minimum absolute atomic E-state index is 0.0939. The number of hydrogen-bond acceptors (Lipinski definition) is 4. The molecule has 1 amide bonds. The molecule has 104 valence electrons. The lowest BCUT2D eigenvalue weighted by Gasteiger charge is -2.37. The maximum Gasteiger partial charge on any atom is 0.225 e. The van der Waals surface area contributed by atoms with Gasteiger partial charge in [-0.3, -0.25) is 4.79 Å². The van der Waals surface area contributed by atoms with Gasteiger partial charge in [-0.05, 0) is 29.7 Å². The van der Waals surface area contributed by atoms with Crippen molar-refractivity contribution in [2.75, 3.05) is 26.3 Å². The van der Waals surface area contributed by atoms with Gasteiger partial charge in [0.15, 0.2) is 0 Å². The fourth-order valence-corrected chi connectivity index (χ4v) is 3.83. The van der Waals surface area contributed by atoms with Gasteiger partial charge in [-0.15, -0.1) is 11.3 Å². The van der Waals surface area contributed by atoms with Crippen LogP contribution in [0.4, 0.5) is 0 Å². The van der Waals surface area contributed by atoms with E-state index in [2.05, 4.69) is 16.7 Å². The molecule has 5 heteroatoms. The van der Waals surface area contributed by atoms with Crippen molar-refractivity contribution in [2.45, 2.75) is 19.4 Å². The summed E-state index contributed by atoms with van der Waals surface area (Å²) < 4.78 is 5.45. The molecule has 1 aromatic heterocycles. The van der Waals surface area contributed by atoms with Gasteiger partial charge in [0.2, 0.25) is 5.91 Å². The van der Waals surface area contributed by atoms with Crippen LogP contribution < -0.4 is 10.6 Å². The molecule has 0 aromatic carbocycles. The molecule has 0 aliphatic carbocycles. The summed E-state index contributed by atoms with van der Waals surface area (Å²) in [4.78, 5) is 13.6. The SMILES string of the molecule is O=C(NCc1cccs1)[C@@H]1CNCC12CCOCC2. The molecule has 2 saturated heterocycles. The van der Waals surface area contributed by atoms with Crippen molar-refractivity contribution < 1.29 is 9.53 Å². The molecule has 0 saturated carbocycles. The lowest BCUT2D eigenvalue weighted by atomic mass is 9.72. The van der Waals surface area contributed by atoms with Crippen LogP contribution in [0.15, 0.2) is 17.5 Å². The van der Waals surface area contributed by atoms with Gasteiger partial charge in [-0.2, -0.15) is 0 Å². The van der Waals surface area contributed by atoms with Crippen molar-refractivity contribution in [1.29, 1.82) is 0 Å². The van der Waals surface area contributed by atoms with E-state index in [9.17, 15) is 4.79 Å². The van der Waals surface area contributed by atoms with Gasteiger partial charge in [0, 0.05) is 31.2 Å². The summed E-state index contributed by atoms with van der Waals surface area (Å²) in [5.74, 6) is 0.289. The molecule has 2 aliphatic rings. The summed E-state index contributed by atoms with van der Waals surface area (Å²) in [7, 11) is 0. The van der Waals surface area contributed by atoms with Gasteiger partial charge in [0.25, 0.3) is 0 Å². The number of carbonyl (C=O) groups is 1. The van der Waals surface area contributed by atoms with Gasteiger partial charge >= 0.3 is 0 Å². The molecular weight excluding hydrogens is 260 g/mol. The fraction of sp³-hybridized carbons (Fsp3) is 0.643. The van der Waals surface area contributed by atoms with E-state index in [1.54, 1.807) is 11.3 Å². The smallest absolute Gasteiger partial charge is 0.225 e. The van der Waals surface area contributed by atoms with Crippen LogP contribution in [0.1, 0.15) is 17.7 Å². The number of amides is 1. The predicted molar refractivity (Wildman–Crippen MR) is 75.0 cm³/mol. The summed E-state index contributed by atoms with van der Waals surface area (Å²) in [6.45, 7) is 3.98. The second-order valence-corrected chi connectivity index (χ2v) is 6.49. The number of carbonyl (C=O) groups excluding carboxylic acids is 1. The number of thiophene rings is 1. The van der Waals surface area contributed by atoms with Gasteiger partial charge in [-0.25, -0.2) is 0 Å². The zero-order chi connectivity index (χ0) is 13.1. The third-order valence-corrected chi connectivity index (χ3v) is 5.26. The third kappa shape index (κ3) is 2.68. The third-order valence-electron chi connectivity index (χ3n) is 4.39. The fourth-order valence-electron chi connectivity index (χ4n) is 3.19. The molecule has 4 nitrogen and oxygen atoms in total. The highest BCUT2D eigenvalue weighted by molar-refractivity contribution is 7.09. The van der Waals surface area contributed by atoms with Crippen LogP contribution in [0.3, 0.4) is 0 Å². The van der Waals surface area contributed by atoms with Crippen molar-refractivity contribution >= 4 is 17.2 Å². The zero-order valence-electron chi connectivity index (χ0n) is 11.0. The summed E-state index contributed by atoms with van der Waals surface area (Å²) in [5, 5.41) is 8.52. The maximum atomic E-state index is 12.4. The van der Waals surface area contributed by atoms with Crippen molar-refractivity contribution in [2.24, 2.45) is 11.3 Å². The van der Waals surface area contributed by atoms with Gasteiger partial charge in [0.05, 0.1) is 12.5 Å². The summed E-state index contributed by atoms with van der Waals surface area (Å²) in [5.41, 5.74) is 0.123. The van der Waals surface area contributed by atoms with Crippen LogP contribution >= 0.6 is 11.3 Å². The molecule has 1 atom stereocenters. The topological polar surface area (TPSA) is 50.4 Å². The number of nitrogens with one attached hydrogen (secondary N) is 2. The Bertz CT molecular complexity index is 427. The van der Waals surface area contributed by atoms with Crippen LogP contribution in [0.2, 0.25) is 0 Å². The monoisotopic (exact) mass is 280 g/mol. The van der Waals surface area contributed by atoms with E-state index in [4.69, 9.17) is 4.74 Å². The molecule has 2 N–H and O–H groups in total. The highest BCUT2D eigenvalue weighted by atomic mass is 32.1. The lowest BCUT2D eigenvalue weighted by Crippen LogP contribution is -2.44. The molecule has 3 heterocycles. The van der Waals surface area contributed by atoms with Crippen LogP contribution in [0.25, 0.3) is 0 Å². The average molecular weight is 280 g/mol. The molecule has 2 aliphatic heterocycles. The molecule has 1 aromatic rings. The number of hydrogen-bond donors (Lipinski definition) is 2. The van der Waals surface area contributed by atoms with E-state index < -0.39 is 0 Å². The Kier molecular flexibility index (Phi) is 3.86. The Labute approximate surface area is 117 Å². The van der Waals surface area contributed by atoms with Crippen molar-refractivity contribution in [3.63, 3.8) is 0 Å². The average Bonchev–Trinajstić information content (AvgIpc) is 3.07. The van der Waals surface area contributed by atoms with Gasteiger partial charge < -0.3 is 15.4 Å². The van der Waals surface area contributed by atoms with Crippen LogP contribution in [0, 0.1) is 11.3 Å². The molecule has 19 heavy (non-hydrogen) atoms. The highest BCUT2D eigenvalue weighted by Crippen LogP contribution is 2.40. The van der Waals surface area contributed by atoms with Crippen LogP contribution in [-0.4, -0.2) is 32.2 Å². The minimum atomic E-state index is 0.0939. The Morgan fingerprint density at radius 1 is 1.53 bits per heavy atom. The van der Waals surface area contributed by atoms with Crippen molar-refractivity contribution in [1.82, 2.24) is 10.6 Å². The van der Waals surface area contributed by atoms with E-state index in [-0.39, 0.29) is 17.2 Å². The molecule has 1 spiro atoms. The first-order valence-electron chi connectivity index (χ1n) is 6.89.